The van der Waals surface area contributed by atoms with Gasteiger partial charge in [-0.05, 0) is 70.3 Å². The highest BCUT2D eigenvalue weighted by Gasteiger charge is 2.38. The molecule has 0 spiro atoms. The van der Waals surface area contributed by atoms with Gasteiger partial charge in [0.05, 0.1) is 5.56 Å². The molecule has 1 aliphatic heterocycles. The predicted molar refractivity (Wildman–Crippen MR) is 173 cm³/mol. The molecule has 1 aliphatic carbocycles. The molecule has 1 aromatic heterocycles. The zero-order valence-electron chi connectivity index (χ0n) is 25.2. The number of fused-ring (bicyclic) bond motifs is 2. The summed E-state index contributed by atoms with van der Waals surface area (Å²) in [6.07, 6.45) is -0.599. The molecule has 0 radical (unpaired) electrons. The maximum atomic E-state index is 14.6. The first-order chi connectivity index (χ1) is 21.5. The average Bonchev–Trinajstić information content (AvgIpc) is 3.51. The Morgan fingerprint density at radius 3 is 2.47 bits per heavy atom. The van der Waals surface area contributed by atoms with Crippen LogP contribution in [0.1, 0.15) is 62.3 Å². The monoisotopic (exact) mass is 635 g/mol. The van der Waals surface area contributed by atoms with Crippen molar-refractivity contribution in [3.63, 3.8) is 0 Å². The van der Waals surface area contributed by atoms with Crippen LogP contribution < -0.4 is 10.9 Å². The minimum absolute atomic E-state index is 0.00828. The number of alkyl halides is 3. The summed E-state index contributed by atoms with van der Waals surface area (Å²) >= 11 is 1.26. The Bertz CT molecular complexity index is 1790. The normalized spacial score (nSPS) is 17.6. The van der Waals surface area contributed by atoms with Crippen molar-refractivity contribution in [2.45, 2.75) is 69.2 Å². The molecule has 0 amide bonds. The number of nitrogens with zero attached hydrogens (tertiary/aromatic N) is 2. The molecule has 2 aliphatic rings. The van der Waals surface area contributed by atoms with E-state index < -0.39 is 29.3 Å². The molecule has 6 nitrogen and oxygen atoms in total. The quantitative estimate of drug-likeness (QED) is 0.190. The molecule has 3 aromatic carbocycles. The fourth-order valence-electron chi connectivity index (χ4n) is 6.62. The zero-order valence-corrected chi connectivity index (χ0v) is 26.0. The lowest BCUT2D eigenvalue weighted by Gasteiger charge is -2.36. The second kappa shape index (κ2) is 12.6. The minimum atomic E-state index is -4.58. The second-order valence-corrected chi connectivity index (χ2v) is 13.5. The second-order valence-electron chi connectivity index (χ2n) is 12.4. The Morgan fingerprint density at radius 2 is 1.76 bits per heavy atom. The van der Waals surface area contributed by atoms with Gasteiger partial charge in [-0.25, -0.2) is 9.10 Å². The summed E-state index contributed by atoms with van der Waals surface area (Å²) in [5.41, 5.74) is 1.27. The number of nitrogens with one attached hydrogen (secondary N) is 1. The molecule has 2 N–H and O–H groups in total. The Hall–Kier alpha value is -3.76. The van der Waals surface area contributed by atoms with E-state index in [1.165, 1.54) is 22.6 Å². The standard InChI is InChI=1S/C35H36F3N3O3S/c1-21(2)19-40-20-29(34(43)44)41-32(42)31(39-26-14-4-5-15-26)28(18-23-11-7-10-22-9-3-6-16-27(22)23)30(33(41)45-40)24-12-8-13-25(17-24)35(36,37)38/h3,6-13,16-17,21,26,29,39H,4-5,14-15,18-20H2,1-2H3,(H,43,44). The Balaban J connectivity index is 1.68. The van der Waals surface area contributed by atoms with Crippen LogP contribution in [-0.4, -0.2) is 39.1 Å². The van der Waals surface area contributed by atoms with E-state index in [9.17, 15) is 27.9 Å². The number of carboxylic acids is 1. The largest absolute Gasteiger partial charge is 0.480 e. The highest BCUT2D eigenvalue weighted by molar-refractivity contribution is 7.97. The van der Waals surface area contributed by atoms with E-state index in [2.05, 4.69) is 5.32 Å². The lowest BCUT2D eigenvalue weighted by molar-refractivity contribution is -0.141. The summed E-state index contributed by atoms with van der Waals surface area (Å²) in [6.45, 7) is 4.68. The molecule has 1 atom stereocenters. The number of rotatable bonds is 8. The number of carboxylic acid groups (broad SMARTS) is 1. The molecular weight excluding hydrogens is 599 g/mol. The third-order valence-electron chi connectivity index (χ3n) is 8.66. The van der Waals surface area contributed by atoms with Crippen LogP contribution in [0.25, 0.3) is 21.9 Å². The van der Waals surface area contributed by atoms with Gasteiger partial charge in [0.2, 0.25) is 0 Å². The fraction of sp³-hybridized carbons (Fsp3) is 0.371. The van der Waals surface area contributed by atoms with Gasteiger partial charge in [-0.1, -0.05) is 81.3 Å². The molecule has 2 heterocycles. The topological polar surface area (TPSA) is 74.6 Å². The van der Waals surface area contributed by atoms with E-state index in [-0.39, 0.29) is 30.6 Å². The van der Waals surface area contributed by atoms with E-state index in [4.69, 9.17) is 0 Å². The molecule has 0 saturated heterocycles. The van der Waals surface area contributed by atoms with Crippen LogP contribution in [0, 0.1) is 5.92 Å². The number of hydrogen-bond acceptors (Lipinski definition) is 5. The Labute approximate surface area is 264 Å². The first-order valence-corrected chi connectivity index (χ1v) is 16.2. The van der Waals surface area contributed by atoms with Gasteiger partial charge in [-0.3, -0.25) is 9.36 Å². The Kier molecular flexibility index (Phi) is 8.72. The summed E-state index contributed by atoms with van der Waals surface area (Å²) in [6, 6.07) is 17.8. The molecule has 236 valence electrons. The van der Waals surface area contributed by atoms with Gasteiger partial charge in [0.25, 0.3) is 5.56 Å². The summed E-state index contributed by atoms with van der Waals surface area (Å²) in [7, 11) is 0. The van der Waals surface area contributed by atoms with Crippen molar-refractivity contribution in [1.29, 1.82) is 0 Å². The van der Waals surface area contributed by atoms with Crippen molar-refractivity contribution in [3.8, 4) is 11.1 Å². The van der Waals surface area contributed by atoms with Crippen molar-refractivity contribution >= 4 is 34.4 Å². The summed E-state index contributed by atoms with van der Waals surface area (Å²) in [5.74, 6) is -0.961. The van der Waals surface area contributed by atoms with E-state index in [0.717, 1.165) is 54.2 Å². The van der Waals surface area contributed by atoms with Crippen molar-refractivity contribution in [1.82, 2.24) is 8.87 Å². The lowest BCUT2D eigenvalue weighted by atomic mass is 9.91. The number of benzene rings is 3. The first-order valence-electron chi connectivity index (χ1n) is 15.4. The summed E-state index contributed by atoms with van der Waals surface area (Å²) < 4.78 is 45.4. The third-order valence-corrected chi connectivity index (χ3v) is 9.79. The Morgan fingerprint density at radius 1 is 1.04 bits per heavy atom. The van der Waals surface area contributed by atoms with Crippen LogP contribution in [0.5, 0.6) is 0 Å². The minimum Gasteiger partial charge on any atom is -0.480 e. The molecule has 4 aromatic rings. The number of aromatic nitrogens is 1. The van der Waals surface area contributed by atoms with Gasteiger partial charge >= 0.3 is 12.1 Å². The number of carbonyl (C=O) groups is 1. The molecule has 1 unspecified atom stereocenters. The van der Waals surface area contributed by atoms with Gasteiger partial charge < -0.3 is 10.4 Å². The number of halogens is 3. The molecule has 6 rings (SSSR count). The van der Waals surface area contributed by atoms with Gasteiger partial charge in [0.15, 0.2) is 0 Å². The fourth-order valence-corrected chi connectivity index (χ4v) is 8.08. The highest BCUT2D eigenvalue weighted by atomic mass is 32.2. The molecular formula is C35H36F3N3O3S. The van der Waals surface area contributed by atoms with Gasteiger partial charge in [-0.2, -0.15) is 13.2 Å². The number of pyridine rings is 1. The molecule has 0 bridgehead atoms. The van der Waals surface area contributed by atoms with Crippen LogP contribution in [0.4, 0.5) is 18.9 Å². The van der Waals surface area contributed by atoms with Crippen molar-refractivity contribution in [2.75, 3.05) is 18.4 Å². The maximum Gasteiger partial charge on any atom is 0.416 e. The molecule has 10 heteroatoms. The average molecular weight is 636 g/mol. The van der Waals surface area contributed by atoms with Crippen molar-refractivity contribution in [2.24, 2.45) is 5.92 Å². The van der Waals surface area contributed by atoms with E-state index in [0.29, 0.717) is 28.3 Å². The van der Waals surface area contributed by atoms with Crippen molar-refractivity contribution < 1.29 is 23.1 Å². The van der Waals surface area contributed by atoms with Gasteiger partial charge in [-0.15, -0.1) is 0 Å². The summed E-state index contributed by atoms with van der Waals surface area (Å²) in [5, 5.41) is 16.2. The predicted octanol–water partition coefficient (Wildman–Crippen LogP) is 8.24. The smallest absolute Gasteiger partial charge is 0.416 e. The molecule has 1 fully saturated rings. The maximum absolute atomic E-state index is 14.6. The molecule has 45 heavy (non-hydrogen) atoms. The van der Waals surface area contributed by atoms with Crippen LogP contribution in [0.15, 0.2) is 76.6 Å². The van der Waals surface area contributed by atoms with Gasteiger partial charge in [0.1, 0.15) is 16.8 Å². The number of hydrogen-bond donors (Lipinski definition) is 2. The zero-order chi connectivity index (χ0) is 31.9. The van der Waals surface area contributed by atoms with Crippen LogP contribution in [-0.2, 0) is 17.4 Å². The van der Waals surface area contributed by atoms with Crippen LogP contribution in [0.3, 0.4) is 0 Å². The van der Waals surface area contributed by atoms with Crippen molar-refractivity contribution in [3.05, 3.63) is 93.8 Å². The number of aliphatic carboxylic acids is 1. The van der Waals surface area contributed by atoms with E-state index in [1.54, 1.807) is 6.07 Å². The highest BCUT2D eigenvalue weighted by Crippen LogP contribution is 2.45. The SMILES string of the molecule is CC(C)CN1CC(C(=O)O)n2c(c(-c3cccc(C(F)(F)F)c3)c(Cc3cccc4ccccc34)c(NC3CCCC3)c2=O)S1. The molecule has 1 saturated carbocycles. The van der Waals surface area contributed by atoms with Crippen LogP contribution >= 0.6 is 11.9 Å². The third kappa shape index (κ3) is 6.35. The van der Waals surface area contributed by atoms with Crippen LogP contribution in [0.2, 0.25) is 0 Å². The number of anilines is 1. The lowest BCUT2D eigenvalue weighted by Crippen LogP contribution is -2.44. The van der Waals surface area contributed by atoms with E-state index >= 15 is 0 Å². The van der Waals surface area contributed by atoms with E-state index in [1.807, 2.05) is 60.6 Å². The first kappa shape index (κ1) is 31.2. The van der Waals surface area contributed by atoms with Gasteiger partial charge in [0, 0.05) is 31.1 Å². The summed E-state index contributed by atoms with van der Waals surface area (Å²) in [4.78, 5) is 27.3.